The first-order valence-corrected chi connectivity index (χ1v) is 6.63. The Balaban J connectivity index is 2.64. The number of ether oxygens (including phenoxy) is 2. The standard InChI is InChI=1S/C15H25NO2/c1-5-13(3)18-15-7-6-12(2)10-14(15)11-16-8-9-17-4/h6-7,10,13,16H,5,8-9,11H2,1-4H3. The number of benzene rings is 1. The predicted molar refractivity (Wildman–Crippen MR) is 75.1 cm³/mol. The van der Waals surface area contributed by atoms with Crippen LogP contribution in [0.1, 0.15) is 31.4 Å². The Kier molecular flexibility index (Phi) is 6.76. The lowest BCUT2D eigenvalue weighted by Gasteiger charge is -2.17. The number of nitrogens with one attached hydrogen (secondary N) is 1. The Morgan fingerprint density at radius 2 is 2.11 bits per heavy atom. The highest BCUT2D eigenvalue weighted by molar-refractivity contribution is 5.37. The first-order chi connectivity index (χ1) is 8.67. The fourth-order valence-electron chi connectivity index (χ4n) is 1.66. The molecule has 0 bridgehead atoms. The first kappa shape index (κ1) is 15.0. The molecule has 18 heavy (non-hydrogen) atoms. The zero-order chi connectivity index (χ0) is 13.4. The number of hydrogen-bond donors (Lipinski definition) is 1. The van der Waals surface area contributed by atoms with Crippen LogP contribution in [0.2, 0.25) is 0 Å². The molecule has 0 spiro atoms. The van der Waals surface area contributed by atoms with E-state index in [4.69, 9.17) is 9.47 Å². The fraction of sp³-hybridized carbons (Fsp3) is 0.600. The summed E-state index contributed by atoms with van der Waals surface area (Å²) in [6.07, 6.45) is 1.27. The van der Waals surface area contributed by atoms with Crippen LogP contribution < -0.4 is 10.1 Å². The minimum atomic E-state index is 0.255. The van der Waals surface area contributed by atoms with E-state index in [-0.39, 0.29) is 6.10 Å². The van der Waals surface area contributed by atoms with Gasteiger partial charge in [-0.25, -0.2) is 0 Å². The van der Waals surface area contributed by atoms with Gasteiger partial charge in [0.15, 0.2) is 0 Å². The summed E-state index contributed by atoms with van der Waals surface area (Å²) in [7, 11) is 1.71. The predicted octanol–water partition coefficient (Wildman–Crippen LogP) is 2.91. The van der Waals surface area contributed by atoms with Gasteiger partial charge in [0, 0.05) is 25.8 Å². The van der Waals surface area contributed by atoms with Crippen LogP contribution >= 0.6 is 0 Å². The van der Waals surface area contributed by atoms with E-state index in [0.717, 1.165) is 31.9 Å². The van der Waals surface area contributed by atoms with Crippen LogP contribution in [-0.2, 0) is 11.3 Å². The quantitative estimate of drug-likeness (QED) is 0.721. The molecular formula is C15H25NO2. The number of hydrogen-bond acceptors (Lipinski definition) is 3. The van der Waals surface area contributed by atoms with Crippen molar-refractivity contribution in [1.29, 1.82) is 0 Å². The van der Waals surface area contributed by atoms with Gasteiger partial charge in [0.1, 0.15) is 5.75 Å². The topological polar surface area (TPSA) is 30.5 Å². The summed E-state index contributed by atoms with van der Waals surface area (Å²) in [5.41, 5.74) is 2.47. The fourth-order valence-corrected chi connectivity index (χ4v) is 1.66. The summed E-state index contributed by atoms with van der Waals surface area (Å²) in [6, 6.07) is 6.34. The van der Waals surface area contributed by atoms with Crippen molar-refractivity contribution in [1.82, 2.24) is 5.32 Å². The Hall–Kier alpha value is -1.06. The van der Waals surface area contributed by atoms with Crippen molar-refractivity contribution in [2.24, 2.45) is 0 Å². The van der Waals surface area contributed by atoms with Crippen molar-refractivity contribution in [2.75, 3.05) is 20.3 Å². The molecule has 0 saturated carbocycles. The highest BCUT2D eigenvalue weighted by Gasteiger charge is 2.07. The molecule has 1 unspecified atom stereocenters. The number of rotatable bonds is 8. The Labute approximate surface area is 110 Å². The third-order valence-electron chi connectivity index (χ3n) is 2.92. The molecule has 1 rings (SSSR count). The van der Waals surface area contributed by atoms with Gasteiger partial charge in [0.05, 0.1) is 12.7 Å². The maximum atomic E-state index is 5.94. The normalized spacial score (nSPS) is 12.4. The molecule has 1 aromatic rings. The van der Waals surface area contributed by atoms with Crippen LogP contribution in [0.15, 0.2) is 18.2 Å². The molecule has 102 valence electrons. The van der Waals surface area contributed by atoms with Crippen molar-refractivity contribution in [3.63, 3.8) is 0 Å². The van der Waals surface area contributed by atoms with E-state index >= 15 is 0 Å². The van der Waals surface area contributed by atoms with Gasteiger partial charge in [-0.3, -0.25) is 0 Å². The number of methoxy groups -OCH3 is 1. The van der Waals surface area contributed by atoms with Gasteiger partial charge >= 0.3 is 0 Å². The molecule has 0 saturated heterocycles. The molecule has 3 heteroatoms. The zero-order valence-electron chi connectivity index (χ0n) is 12.0. The average Bonchev–Trinajstić information content (AvgIpc) is 2.37. The van der Waals surface area contributed by atoms with Crippen LogP contribution in [0.5, 0.6) is 5.75 Å². The summed E-state index contributed by atoms with van der Waals surface area (Å²) >= 11 is 0. The van der Waals surface area contributed by atoms with Crippen molar-refractivity contribution in [3.05, 3.63) is 29.3 Å². The van der Waals surface area contributed by atoms with E-state index < -0.39 is 0 Å². The smallest absolute Gasteiger partial charge is 0.124 e. The lowest BCUT2D eigenvalue weighted by atomic mass is 10.1. The molecule has 0 aliphatic carbocycles. The molecule has 1 aromatic carbocycles. The largest absolute Gasteiger partial charge is 0.490 e. The van der Waals surface area contributed by atoms with E-state index in [1.165, 1.54) is 11.1 Å². The summed E-state index contributed by atoms with van der Waals surface area (Å²) in [5.74, 6) is 0.986. The second-order valence-corrected chi connectivity index (χ2v) is 4.62. The molecule has 3 nitrogen and oxygen atoms in total. The summed E-state index contributed by atoms with van der Waals surface area (Å²) in [5, 5.41) is 3.36. The van der Waals surface area contributed by atoms with Gasteiger partial charge in [-0.15, -0.1) is 0 Å². The van der Waals surface area contributed by atoms with Crippen LogP contribution in [-0.4, -0.2) is 26.4 Å². The molecule has 0 aliphatic rings. The first-order valence-electron chi connectivity index (χ1n) is 6.63. The molecule has 0 radical (unpaired) electrons. The molecule has 0 amide bonds. The SMILES string of the molecule is CCC(C)Oc1ccc(C)cc1CNCCOC. The van der Waals surface area contributed by atoms with Crippen LogP contribution in [0.3, 0.4) is 0 Å². The highest BCUT2D eigenvalue weighted by Crippen LogP contribution is 2.21. The lowest BCUT2D eigenvalue weighted by Crippen LogP contribution is -2.20. The van der Waals surface area contributed by atoms with E-state index in [9.17, 15) is 0 Å². The van der Waals surface area contributed by atoms with Crippen LogP contribution in [0.4, 0.5) is 0 Å². The molecular weight excluding hydrogens is 226 g/mol. The van der Waals surface area contributed by atoms with Gasteiger partial charge < -0.3 is 14.8 Å². The maximum Gasteiger partial charge on any atom is 0.124 e. The second-order valence-electron chi connectivity index (χ2n) is 4.62. The van der Waals surface area contributed by atoms with Crippen molar-refractivity contribution in [3.8, 4) is 5.75 Å². The monoisotopic (exact) mass is 251 g/mol. The van der Waals surface area contributed by atoms with Gasteiger partial charge in [-0.2, -0.15) is 0 Å². The molecule has 1 atom stereocenters. The molecule has 0 heterocycles. The maximum absolute atomic E-state index is 5.94. The lowest BCUT2D eigenvalue weighted by molar-refractivity contribution is 0.198. The number of aryl methyl sites for hydroxylation is 1. The molecule has 0 fully saturated rings. The van der Waals surface area contributed by atoms with E-state index in [0.29, 0.717) is 0 Å². The van der Waals surface area contributed by atoms with Gasteiger partial charge in [-0.1, -0.05) is 24.6 Å². The summed E-state index contributed by atoms with van der Waals surface area (Å²) in [4.78, 5) is 0. The van der Waals surface area contributed by atoms with Crippen LogP contribution in [0.25, 0.3) is 0 Å². The zero-order valence-corrected chi connectivity index (χ0v) is 12.0. The highest BCUT2D eigenvalue weighted by atomic mass is 16.5. The van der Waals surface area contributed by atoms with E-state index in [2.05, 4.69) is 44.3 Å². The van der Waals surface area contributed by atoms with Gasteiger partial charge in [-0.05, 0) is 26.3 Å². The average molecular weight is 251 g/mol. The third kappa shape index (κ3) is 5.07. The van der Waals surface area contributed by atoms with Crippen LogP contribution in [0, 0.1) is 6.92 Å². The molecule has 1 N–H and O–H groups in total. The Morgan fingerprint density at radius 3 is 2.78 bits per heavy atom. The molecule has 0 aliphatic heterocycles. The Bertz CT molecular complexity index is 352. The van der Waals surface area contributed by atoms with Crippen molar-refractivity contribution < 1.29 is 9.47 Å². The third-order valence-corrected chi connectivity index (χ3v) is 2.92. The minimum absolute atomic E-state index is 0.255. The van der Waals surface area contributed by atoms with E-state index in [1.807, 2.05) is 0 Å². The summed E-state index contributed by atoms with van der Waals surface area (Å²) < 4.78 is 11.0. The van der Waals surface area contributed by atoms with Crippen molar-refractivity contribution >= 4 is 0 Å². The van der Waals surface area contributed by atoms with Gasteiger partial charge in [0.2, 0.25) is 0 Å². The summed E-state index contributed by atoms with van der Waals surface area (Å²) in [6.45, 7) is 8.74. The van der Waals surface area contributed by atoms with E-state index in [1.54, 1.807) is 7.11 Å². The van der Waals surface area contributed by atoms with Crippen molar-refractivity contribution in [2.45, 2.75) is 39.8 Å². The second kappa shape index (κ2) is 8.11. The van der Waals surface area contributed by atoms with Gasteiger partial charge in [0.25, 0.3) is 0 Å². The Morgan fingerprint density at radius 1 is 1.33 bits per heavy atom. The minimum Gasteiger partial charge on any atom is -0.490 e. The molecule has 0 aromatic heterocycles.